The third kappa shape index (κ3) is 2.69. The fourth-order valence-corrected chi connectivity index (χ4v) is 1.65. The minimum Gasteiger partial charge on any atom is -0.264 e. The standard InChI is InChI=1S/2C7H5N3/c1-2-8-3-6-4-9-5-10-7(1)6;1-2-8-4-7-6(1)3-9-5-10-7/h2*1-5H. The first-order chi connectivity index (χ1) is 9.93. The van der Waals surface area contributed by atoms with Gasteiger partial charge in [-0.25, -0.2) is 19.9 Å². The molecule has 0 aliphatic carbocycles. The molecule has 0 spiro atoms. The van der Waals surface area contributed by atoms with Gasteiger partial charge in [-0.2, -0.15) is 0 Å². The molecule has 0 bridgehead atoms. The highest BCUT2D eigenvalue weighted by atomic mass is 14.8. The van der Waals surface area contributed by atoms with Crippen molar-refractivity contribution in [3.63, 3.8) is 0 Å². The van der Waals surface area contributed by atoms with Crippen molar-refractivity contribution < 1.29 is 0 Å². The fourth-order valence-electron chi connectivity index (χ4n) is 1.65. The van der Waals surface area contributed by atoms with Crippen LogP contribution in [0.5, 0.6) is 0 Å². The van der Waals surface area contributed by atoms with Crippen molar-refractivity contribution >= 4 is 21.8 Å². The summed E-state index contributed by atoms with van der Waals surface area (Å²) in [7, 11) is 0. The Balaban J connectivity index is 0.000000121. The van der Waals surface area contributed by atoms with Gasteiger partial charge in [-0.3, -0.25) is 9.97 Å². The van der Waals surface area contributed by atoms with E-state index in [1.807, 2.05) is 12.1 Å². The van der Waals surface area contributed by atoms with Crippen LogP contribution in [0.3, 0.4) is 0 Å². The summed E-state index contributed by atoms with van der Waals surface area (Å²) in [6.07, 6.45) is 13.5. The molecule has 0 N–H and O–H groups in total. The zero-order valence-corrected chi connectivity index (χ0v) is 10.5. The number of fused-ring (bicyclic) bond motifs is 2. The summed E-state index contributed by atoms with van der Waals surface area (Å²) in [4.78, 5) is 23.6. The molecule has 4 heterocycles. The molecule has 4 aromatic rings. The van der Waals surface area contributed by atoms with Crippen molar-refractivity contribution in [1.29, 1.82) is 0 Å². The van der Waals surface area contributed by atoms with Crippen LogP contribution in [0.4, 0.5) is 0 Å². The summed E-state index contributed by atoms with van der Waals surface area (Å²) in [5.74, 6) is 0. The van der Waals surface area contributed by atoms with Gasteiger partial charge in [0.1, 0.15) is 12.7 Å². The third-order valence-electron chi connectivity index (χ3n) is 2.61. The second-order valence-corrected chi connectivity index (χ2v) is 3.91. The van der Waals surface area contributed by atoms with E-state index in [4.69, 9.17) is 0 Å². The Kier molecular flexibility index (Phi) is 3.46. The Morgan fingerprint density at radius 2 is 1.20 bits per heavy atom. The molecule has 96 valence electrons. The monoisotopic (exact) mass is 262 g/mol. The molecule has 0 atom stereocenters. The summed E-state index contributed by atoms with van der Waals surface area (Å²) in [5.41, 5.74) is 1.82. The van der Waals surface area contributed by atoms with Crippen LogP contribution in [0.15, 0.2) is 62.0 Å². The minimum atomic E-state index is 0.887. The molecule has 4 aromatic heterocycles. The van der Waals surface area contributed by atoms with Gasteiger partial charge >= 0.3 is 0 Å². The molecular formula is C14H10N6. The Morgan fingerprint density at radius 3 is 2.00 bits per heavy atom. The van der Waals surface area contributed by atoms with Crippen LogP contribution < -0.4 is 0 Å². The van der Waals surface area contributed by atoms with E-state index >= 15 is 0 Å². The molecule has 0 radical (unpaired) electrons. The number of nitrogens with zero attached hydrogens (tertiary/aromatic N) is 6. The molecule has 4 rings (SSSR count). The van der Waals surface area contributed by atoms with Crippen LogP contribution >= 0.6 is 0 Å². The number of aromatic nitrogens is 6. The van der Waals surface area contributed by atoms with Gasteiger partial charge in [-0.05, 0) is 12.1 Å². The Bertz CT molecular complexity index is 631. The molecule has 6 nitrogen and oxygen atoms in total. The maximum Gasteiger partial charge on any atom is 0.116 e. The largest absolute Gasteiger partial charge is 0.264 e. The van der Waals surface area contributed by atoms with Crippen molar-refractivity contribution in [1.82, 2.24) is 29.9 Å². The number of hydrogen-bond acceptors (Lipinski definition) is 6. The topological polar surface area (TPSA) is 77.3 Å². The second kappa shape index (κ2) is 5.75. The Labute approximate surface area is 114 Å². The van der Waals surface area contributed by atoms with E-state index < -0.39 is 0 Å². The summed E-state index contributed by atoms with van der Waals surface area (Å²) >= 11 is 0. The third-order valence-corrected chi connectivity index (χ3v) is 2.61. The van der Waals surface area contributed by atoms with Gasteiger partial charge in [-0.1, -0.05) is 0 Å². The maximum absolute atomic E-state index is 4.03. The van der Waals surface area contributed by atoms with Gasteiger partial charge in [0, 0.05) is 41.8 Å². The average molecular weight is 262 g/mol. The van der Waals surface area contributed by atoms with Crippen molar-refractivity contribution in [2.45, 2.75) is 0 Å². The molecule has 0 fully saturated rings. The predicted octanol–water partition coefficient (Wildman–Crippen LogP) is 2.05. The lowest BCUT2D eigenvalue weighted by Gasteiger charge is -1.90. The van der Waals surface area contributed by atoms with Gasteiger partial charge < -0.3 is 0 Å². The van der Waals surface area contributed by atoms with E-state index in [0.717, 1.165) is 21.8 Å². The lowest BCUT2D eigenvalue weighted by molar-refractivity contribution is 1.20. The fraction of sp³-hybridized carbons (Fsp3) is 0. The molecule has 0 aliphatic heterocycles. The SMILES string of the molecule is c1cc2cncnc2cn1.c1cc2ncncc2cn1. The van der Waals surface area contributed by atoms with E-state index in [2.05, 4.69) is 29.9 Å². The van der Waals surface area contributed by atoms with Gasteiger partial charge in [0.25, 0.3) is 0 Å². The summed E-state index contributed by atoms with van der Waals surface area (Å²) in [6, 6.07) is 3.74. The van der Waals surface area contributed by atoms with Crippen LogP contribution in [0.25, 0.3) is 21.8 Å². The van der Waals surface area contributed by atoms with Crippen LogP contribution in [-0.4, -0.2) is 29.9 Å². The molecule has 0 amide bonds. The molecule has 0 unspecified atom stereocenters. The molecule has 0 saturated heterocycles. The summed E-state index contributed by atoms with van der Waals surface area (Å²) in [6.45, 7) is 0. The van der Waals surface area contributed by atoms with Crippen LogP contribution in [0.1, 0.15) is 0 Å². The van der Waals surface area contributed by atoms with Crippen molar-refractivity contribution in [2.75, 3.05) is 0 Å². The first-order valence-electron chi connectivity index (χ1n) is 5.93. The quantitative estimate of drug-likeness (QED) is 0.482. The van der Waals surface area contributed by atoms with Gasteiger partial charge in [0.05, 0.1) is 17.2 Å². The van der Waals surface area contributed by atoms with Gasteiger partial charge in [0.2, 0.25) is 0 Å². The van der Waals surface area contributed by atoms with Crippen molar-refractivity contribution in [3.8, 4) is 0 Å². The zero-order valence-electron chi connectivity index (χ0n) is 10.5. The predicted molar refractivity (Wildman–Crippen MR) is 74.7 cm³/mol. The Hall–Kier alpha value is -3.02. The summed E-state index contributed by atoms with van der Waals surface area (Å²) in [5, 5.41) is 2.00. The number of rotatable bonds is 0. The Morgan fingerprint density at radius 1 is 0.550 bits per heavy atom. The molecule has 0 aromatic carbocycles. The van der Waals surface area contributed by atoms with Crippen LogP contribution in [0.2, 0.25) is 0 Å². The molecule has 6 heteroatoms. The van der Waals surface area contributed by atoms with E-state index in [0.29, 0.717) is 0 Å². The van der Waals surface area contributed by atoms with Crippen molar-refractivity contribution in [3.05, 3.63) is 62.0 Å². The van der Waals surface area contributed by atoms with E-state index in [1.54, 1.807) is 37.2 Å². The number of hydrogen-bond donors (Lipinski definition) is 0. The van der Waals surface area contributed by atoms with Crippen molar-refractivity contribution in [2.24, 2.45) is 0 Å². The van der Waals surface area contributed by atoms with Crippen LogP contribution in [0, 0.1) is 0 Å². The maximum atomic E-state index is 4.03. The molecule has 0 saturated carbocycles. The van der Waals surface area contributed by atoms with Crippen LogP contribution in [-0.2, 0) is 0 Å². The average Bonchev–Trinajstić information content (AvgIpc) is 2.56. The highest BCUT2D eigenvalue weighted by Gasteiger charge is 1.89. The first-order valence-corrected chi connectivity index (χ1v) is 5.93. The first kappa shape index (κ1) is 12.0. The van der Waals surface area contributed by atoms with E-state index in [9.17, 15) is 0 Å². The molecule has 20 heavy (non-hydrogen) atoms. The highest BCUT2D eigenvalue weighted by Crippen LogP contribution is 2.04. The van der Waals surface area contributed by atoms with E-state index in [1.165, 1.54) is 12.7 Å². The zero-order chi connectivity index (χ0) is 13.6. The molecule has 0 aliphatic rings. The van der Waals surface area contributed by atoms with E-state index in [-0.39, 0.29) is 0 Å². The minimum absolute atomic E-state index is 0.887. The molecular weight excluding hydrogens is 252 g/mol. The van der Waals surface area contributed by atoms with Gasteiger partial charge in [-0.15, -0.1) is 0 Å². The summed E-state index contributed by atoms with van der Waals surface area (Å²) < 4.78 is 0. The lowest BCUT2D eigenvalue weighted by atomic mass is 10.3. The van der Waals surface area contributed by atoms with Gasteiger partial charge in [0.15, 0.2) is 0 Å². The second-order valence-electron chi connectivity index (χ2n) is 3.91. The number of pyridine rings is 2. The smallest absolute Gasteiger partial charge is 0.116 e. The highest BCUT2D eigenvalue weighted by molar-refractivity contribution is 5.76. The normalized spacial score (nSPS) is 10.0. The lowest BCUT2D eigenvalue weighted by Crippen LogP contribution is -1.80.